The Kier molecular flexibility index (Phi) is 13.2. The van der Waals surface area contributed by atoms with Gasteiger partial charge in [0.15, 0.2) is 18.4 Å². The molecule has 8 atom stereocenters. The Bertz CT molecular complexity index is 1680. The topological polar surface area (TPSA) is 243 Å². The summed E-state index contributed by atoms with van der Waals surface area (Å²) in [4.78, 5) is 74.6. The number of anilines is 1. The number of aliphatic hydroxyl groups excluding tert-OH is 1. The van der Waals surface area contributed by atoms with E-state index in [-0.39, 0.29) is 54.2 Å². The molecule has 0 radical (unpaired) electrons. The lowest BCUT2D eigenvalue weighted by Crippen LogP contribution is -2.58. The van der Waals surface area contributed by atoms with E-state index in [1.807, 2.05) is 13.0 Å². The summed E-state index contributed by atoms with van der Waals surface area (Å²) in [7, 11) is 0. The summed E-state index contributed by atoms with van der Waals surface area (Å²) in [5.41, 5.74) is -1.21. The van der Waals surface area contributed by atoms with Gasteiger partial charge in [-0.15, -0.1) is 0 Å². The van der Waals surface area contributed by atoms with Crippen LogP contribution in [-0.2, 0) is 33.5 Å². The number of benzene rings is 1. The molecule has 0 heterocycles. The molecule has 2 amide bonds. The van der Waals surface area contributed by atoms with E-state index < -0.39 is 64.5 Å². The number of fused-ring (bicyclic) bond motifs is 5. The number of allylic oxidation sites excluding steroid dienone is 1. The number of carboxylic acids is 1. The number of aliphatic carboxylic acids is 1. The molecular formula is C40H54N3O12-. The number of amides is 2. The van der Waals surface area contributed by atoms with Crippen molar-refractivity contribution in [1.82, 2.24) is 10.6 Å². The lowest BCUT2D eigenvalue weighted by Gasteiger charge is -2.58. The average molecular weight is 769 g/mol. The molecular weight excluding hydrogens is 714 g/mol. The Morgan fingerprint density at radius 1 is 0.964 bits per heavy atom. The molecule has 0 aliphatic heterocycles. The zero-order valence-corrected chi connectivity index (χ0v) is 31.6. The third-order valence-corrected chi connectivity index (χ3v) is 13.2. The van der Waals surface area contributed by atoms with Gasteiger partial charge < -0.3 is 41.1 Å². The lowest BCUT2D eigenvalue weighted by atomic mass is 9.46. The van der Waals surface area contributed by atoms with Crippen LogP contribution in [0.5, 0.6) is 0 Å². The molecule has 1 aromatic carbocycles. The number of Topliss-reactive ketones (excluding diaryl/α,β-unsaturated/α-hetero) is 1. The molecule has 302 valence electrons. The van der Waals surface area contributed by atoms with Gasteiger partial charge in [0.1, 0.15) is 11.7 Å². The number of aliphatic hydroxyl groups is 2. The van der Waals surface area contributed by atoms with E-state index >= 15 is 0 Å². The number of ether oxygens (including phenoxy) is 1. The number of unbranched alkanes of at least 4 members (excludes halogenated alkanes) is 2. The van der Waals surface area contributed by atoms with Gasteiger partial charge in [-0.3, -0.25) is 29.2 Å². The molecule has 0 spiro atoms. The smallest absolute Gasteiger partial charge is 0.329 e. The third kappa shape index (κ3) is 8.95. The number of nitrogens with one attached hydrogen (secondary N) is 2. The molecule has 0 bridgehead atoms. The summed E-state index contributed by atoms with van der Waals surface area (Å²) in [6, 6.07) is 3.36. The number of carbonyl (C=O) groups excluding carboxylic acids is 5. The fraction of sp³-hybridized carbons (Fsp3) is 0.650. The first-order chi connectivity index (χ1) is 26.0. The van der Waals surface area contributed by atoms with E-state index in [1.54, 1.807) is 0 Å². The number of hydrogen-bond donors (Lipinski definition) is 6. The van der Waals surface area contributed by atoms with E-state index in [1.165, 1.54) is 23.8 Å². The summed E-state index contributed by atoms with van der Waals surface area (Å²) in [6.45, 7) is 4.00. The molecule has 15 heteroatoms. The molecule has 0 saturated heterocycles. The Morgan fingerprint density at radius 2 is 1.71 bits per heavy atom. The predicted molar refractivity (Wildman–Crippen MR) is 197 cm³/mol. The van der Waals surface area contributed by atoms with Crippen molar-refractivity contribution < 1.29 is 54.0 Å². The van der Waals surface area contributed by atoms with Crippen LogP contribution in [0.2, 0.25) is 0 Å². The lowest BCUT2D eigenvalue weighted by molar-refractivity contribution is -0.170. The largest absolute Gasteiger partial charge is 0.733 e. The molecule has 3 saturated carbocycles. The Morgan fingerprint density at radius 3 is 2.44 bits per heavy atom. The Hall–Kier alpha value is -4.18. The summed E-state index contributed by atoms with van der Waals surface area (Å²) in [6.07, 6.45) is 6.91. The fourth-order valence-electron chi connectivity index (χ4n) is 10.0. The summed E-state index contributed by atoms with van der Waals surface area (Å²) in [5, 5.41) is 56.6. The predicted octanol–water partition coefficient (Wildman–Crippen LogP) is 3.81. The highest BCUT2D eigenvalue weighted by Crippen LogP contribution is 2.67. The highest BCUT2D eigenvalue weighted by molar-refractivity contribution is 5.92. The Labute approximate surface area is 320 Å². The van der Waals surface area contributed by atoms with Gasteiger partial charge in [-0.2, -0.15) is 0 Å². The van der Waals surface area contributed by atoms with Crippen LogP contribution in [-0.4, -0.2) is 80.6 Å². The SMILES string of the molecule is C[C@]12CCC(=O)C=C1CC[C@@H]1[C@H]3CC[C@](O)(C(=O)COC(=O)CCC(=O)NCCCCCC(=O)N[C@H](C(=O)O)[C@H](O)c4cccc(N([O-])O)c4)[C@]3(C)CC[C@@H]12. The summed E-state index contributed by atoms with van der Waals surface area (Å²) in [5.74, 6) is -2.60. The maximum atomic E-state index is 13.5. The number of hydrogen-bond acceptors (Lipinski definition) is 12. The first kappa shape index (κ1) is 42.0. The summed E-state index contributed by atoms with van der Waals surface area (Å²) < 4.78 is 5.25. The minimum Gasteiger partial charge on any atom is -0.733 e. The fourth-order valence-corrected chi connectivity index (χ4v) is 10.0. The molecule has 6 N–H and O–H groups in total. The molecule has 0 unspecified atom stereocenters. The van der Waals surface area contributed by atoms with Crippen molar-refractivity contribution in [2.45, 2.75) is 121 Å². The van der Waals surface area contributed by atoms with Crippen LogP contribution >= 0.6 is 0 Å². The van der Waals surface area contributed by atoms with E-state index in [2.05, 4.69) is 17.6 Å². The molecule has 3 fully saturated rings. The first-order valence-electron chi connectivity index (χ1n) is 19.4. The minimum atomic E-state index is -1.70. The third-order valence-electron chi connectivity index (χ3n) is 13.2. The van der Waals surface area contributed by atoms with E-state index in [0.717, 1.165) is 38.2 Å². The first-order valence-corrected chi connectivity index (χ1v) is 19.4. The van der Waals surface area contributed by atoms with Crippen LogP contribution in [0.15, 0.2) is 35.9 Å². The number of rotatable bonds is 17. The standard InChI is InChI=1S/C40H54N3O12/c1-38-17-14-27(44)22-25(38)10-11-28-29(38)15-18-39(2)30(28)16-19-40(39,52)31(45)23-55-34(48)13-12-32(46)41-20-5-3-4-9-33(47)42-35(37(50)51)36(49)24-7-6-8-26(21-24)43(53)54/h6-8,21-22,28-30,35-36,49,52-53H,3-5,9-20,23H2,1-2H3,(H,41,46)(H,42,47)(H,50,51)/q-1/t28-,29-,30+,35-,36+,38-,39+,40-/m0/s1. The van der Waals surface area contributed by atoms with E-state index in [9.17, 15) is 49.3 Å². The van der Waals surface area contributed by atoms with Gasteiger partial charge in [0.25, 0.3) is 0 Å². The van der Waals surface area contributed by atoms with Gasteiger partial charge in [0.05, 0.1) is 12.1 Å². The van der Waals surface area contributed by atoms with Crippen molar-refractivity contribution in [2.75, 3.05) is 18.4 Å². The Balaban J connectivity index is 0.973. The molecule has 4 aliphatic carbocycles. The summed E-state index contributed by atoms with van der Waals surface area (Å²) >= 11 is 0. The van der Waals surface area contributed by atoms with Crippen molar-refractivity contribution >= 4 is 41.0 Å². The second-order valence-electron chi connectivity index (χ2n) is 16.3. The number of esters is 1. The number of nitrogens with zero attached hydrogens (tertiary/aromatic N) is 1. The molecule has 55 heavy (non-hydrogen) atoms. The zero-order valence-electron chi connectivity index (χ0n) is 31.6. The van der Waals surface area contributed by atoms with Gasteiger partial charge in [0.2, 0.25) is 17.6 Å². The average Bonchev–Trinajstić information content (AvgIpc) is 3.44. The van der Waals surface area contributed by atoms with Crippen molar-refractivity contribution in [1.29, 1.82) is 0 Å². The highest BCUT2D eigenvalue weighted by Gasteiger charge is 2.66. The van der Waals surface area contributed by atoms with Crippen LogP contribution in [0.1, 0.15) is 115 Å². The number of ketones is 2. The van der Waals surface area contributed by atoms with Gasteiger partial charge >= 0.3 is 11.9 Å². The maximum Gasteiger partial charge on any atom is 0.329 e. The van der Waals surface area contributed by atoms with Crippen LogP contribution in [0.25, 0.3) is 0 Å². The van der Waals surface area contributed by atoms with Gasteiger partial charge in [-0.05, 0) is 105 Å². The molecule has 5 rings (SSSR count). The van der Waals surface area contributed by atoms with Gasteiger partial charge in [-0.25, -0.2) is 4.79 Å². The maximum absolute atomic E-state index is 13.5. The number of carbonyl (C=O) groups is 6. The normalized spacial score (nSPS) is 29.4. The highest BCUT2D eigenvalue weighted by atomic mass is 16.8. The van der Waals surface area contributed by atoms with Crippen LogP contribution in [0.3, 0.4) is 0 Å². The number of carboxylic acid groups (broad SMARTS) is 1. The van der Waals surface area contributed by atoms with Crippen LogP contribution < -0.4 is 15.9 Å². The van der Waals surface area contributed by atoms with Gasteiger partial charge in [-0.1, -0.05) is 38.0 Å². The zero-order chi connectivity index (χ0) is 40.1. The second kappa shape index (κ2) is 17.3. The van der Waals surface area contributed by atoms with Crippen molar-refractivity contribution in [3.8, 4) is 0 Å². The minimum absolute atomic E-state index is 0.0104. The molecule has 1 aromatic rings. The van der Waals surface area contributed by atoms with Crippen molar-refractivity contribution in [3.63, 3.8) is 0 Å². The van der Waals surface area contributed by atoms with E-state index in [0.29, 0.717) is 50.4 Å². The van der Waals surface area contributed by atoms with Crippen LogP contribution in [0.4, 0.5) is 5.69 Å². The molecule has 4 aliphatic rings. The molecule has 15 nitrogen and oxygen atoms in total. The van der Waals surface area contributed by atoms with Crippen molar-refractivity contribution in [2.24, 2.45) is 28.6 Å². The quantitative estimate of drug-likeness (QED) is 0.0751. The van der Waals surface area contributed by atoms with E-state index in [4.69, 9.17) is 9.94 Å². The molecule has 0 aromatic heterocycles. The monoisotopic (exact) mass is 768 g/mol. The second-order valence-corrected chi connectivity index (χ2v) is 16.3. The van der Waals surface area contributed by atoms with Gasteiger partial charge in [0, 0.05) is 31.2 Å². The van der Waals surface area contributed by atoms with Crippen LogP contribution in [0, 0.1) is 33.8 Å². The van der Waals surface area contributed by atoms with Crippen molar-refractivity contribution in [3.05, 3.63) is 46.7 Å².